The molecule has 102 valence electrons. The van der Waals surface area contributed by atoms with Crippen molar-refractivity contribution in [2.75, 3.05) is 5.73 Å². The van der Waals surface area contributed by atoms with Crippen LogP contribution in [0.25, 0.3) is 0 Å². The number of hydrogen-bond donors (Lipinski definition) is 2. The van der Waals surface area contributed by atoms with E-state index in [9.17, 15) is 12.8 Å². The first-order chi connectivity index (χ1) is 8.02. The molecule has 1 atom stereocenters. The summed E-state index contributed by atoms with van der Waals surface area (Å²) < 4.78 is 39.8. The third kappa shape index (κ3) is 3.68. The van der Waals surface area contributed by atoms with E-state index in [4.69, 9.17) is 5.73 Å². The molecule has 6 heteroatoms. The van der Waals surface area contributed by atoms with Crippen LogP contribution in [0.4, 0.5) is 10.1 Å². The Labute approximate surface area is 107 Å². The zero-order chi connectivity index (χ0) is 14.1. The van der Waals surface area contributed by atoms with Gasteiger partial charge in [-0.05, 0) is 30.5 Å². The molecule has 1 aromatic carbocycles. The molecular weight excluding hydrogens is 255 g/mol. The summed E-state index contributed by atoms with van der Waals surface area (Å²) in [6.45, 7) is 7.51. The van der Waals surface area contributed by atoms with E-state index in [2.05, 4.69) is 4.72 Å². The lowest BCUT2D eigenvalue weighted by molar-refractivity contribution is 0.317. The van der Waals surface area contributed by atoms with E-state index in [0.717, 1.165) is 12.1 Å². The van der Waals surface area contributed by atoms with Crippen molar-refractivity contribution in [3.63, 3.8) is 0 Å². The highest BCUT2D eigenvalue weighted by atomic mass is 32.2. The van der Waals surface area contributed by atoms with Crippen molar-refractivity contribution in [1.29, 1.82) is 0 Å². The molecule has 0 heterocycles. The van der Waals surface area contributed by atoms with Crippen molar-refractivity contribution < 1.29 is 12.8 Å². The highest BCUT2D eigenvalue weighted by Crippen LogP contribution is 2.22. The lowest BCUT2D eigenvalue weighted by atomic mass is 9.89. The van der Waals surface area contributed by atoms with E-state index in [1.54, 1.807) is 6.92 Å². The Kier molecular flexibility index (Phi) is 4.02. The summed E-state index contributed by atoms with van der Waals surface area (Å²) in [6, 6.07) is 2.98. The van der Waals surface area contributed by atoms with Gasteiger partial charge in [0.15, 0.2) is 0 Å². The third-order valence-corrected chi connectivity index (χ3v) is 4.36. The molecular formula is C12H19FN2O2S. The van der Waals surface area contributed by atoms with E-state index in [0.29, 0.717) is 0 Å². The first-order valence-corrected chi connectivity index (χ1v) is 7.09. The van der Waals surface area contributed by atoms with Crippen LogP contribution in [0.2, 0.25) is 0 Å². The molecule has 0 spiro atoms. The molecule has 3 N–H and O–H groups in total. The fourth-order valence-corrected chi connectivity index (χ4v) is 2.73. The van der Waals surface area contributed by atoms with Crippen molar-refractivity contribution in [1.82, 2.24) is 4.72 Å². The Hall–Kier alpha value is -1.14. The zero-order valence-electron chi connectivity index (χ0n) is 11.0. The van der Waals surface area contributed by atoms with Crippen LogP contribution in [0.5, 0.6) is 0 Å². The van der Waals surface area contributed by atoms with Gasteiger partial charge in [0.1, 0.15) is 5.82 Å². The number of nitrogen functional groups attached to an aromatic ring is 1. The molecule has 0 radical (unpaired) electrons. The van der Waals surface area contributed by atoms with Crippen LogP contribution < -0.4 is 10.5 Å². The van der Waals surface area contributed by atoms with Crippen LogP contribution in [-0.2, 0) is 10.0 Å². The van der Waals surface area contributed by atoms with Gasteiger partial charge in [0.25, 0.3) is 0 Å². The Bertz CT molecular complexity index is 515. The van der Waals surface area contributed by atoms with Crippen molar-refractivity contribution in [3.8, 4) is 0 Å². The molecule has 18 heavy (non-hydrogen) atoms. The lowest BCUT2D eigenvalue weighted by Crippen LogP contribution is -2.41. The minimum Gasteiger partial charge on any atom is -0.399 e. The molecule has 0 saturated carbocycles. The minimum absolute atomic E-state index is 0.0822. The van der Waals surface area contributed by atoms with Gasteiger partial charge in [-0.2, -0.15) is 0 Å². The summed E-state index contributed by atoms with van der Waals surface area (Å²) in [5.74, 6) is -0.668. The second-order valence-corrected chi connectivity index (χ2v) is 7.14. The van der Waals surface area contributed by atoms with Gasteiger partial charge in [-0.15, -0.1) is 0 Å². The predicted molar refractivity (Wildman–Crippen MR) is 70.1 cm³/mol. The largest absolute Gasteiger partial charge is 0.399 e. The second kappa shape index (κ2) is 4.85. The molecule has 0 aromatic heterocycles. The maximum atomic E-state index is 13.2. The molecule has 1 rings (SSSR count). The van der Waals surface area contributed by atoms with E-state index in [1.807, 2.05) is 20.8 Å². The Balaban J connectivity index is 3.07. The molecule has 0 bridgehead atoms. The molecule has 0 aliphatic heterocycles. The first kappa shape index (κ1) is 14.9. The number of halogens is 1. The topological polar surface area (TPSA) is 72.2 Å². The fraction of sp³-hybridized carbons (Fsp3) is 0.500. The number of benzene rings is 1. The van der Waals surface area contributed by atoms with Gasteiger partial charge < -0.3 is 5.73 Å². The van der Waals surface area contributed by atoms with Crippen molar-refractivity contribution in [2.24, 2.45) is 5.41 Å². The molecule has 0 aliphatic carbocycles. The van der Waals surface area contributed by atoms with Crippen LogP contribution in [-0.4, -0.2) is 14.5 Å². The molecule has 0 aliphatic rings. The number of sulfonamides is 1. The summed E-state index contributed by atoms with van der Waals surface area (Å²) in [6.07, 6.45) is 0. The van der Waals surface area contributed by atoms with E-state index in [1.165, 1.54) is 6.07 Å². The van der Waals surface area contributed by atoms with Gasteiger partial charge in [-0.25, -0.2) is 17.5 Å². The SMILES string of the molecule is CC(NS(=O)(=O)c1cc(N)cc(F)c1)C(C)(C)C. The normalized spacial score (nSPS) is 14.5. The summed E-state index contributed by atoms with van der Waals surface area (Å²) >= 11 is 0. The van der Waals surface area contributed by atoms with Crippen molar-refractivity contribution in [2.45, 2.75) is 38.6 Å². The van der Waals surface area contributed by atoms with Crippen molar-refractivity contribution >= 4 is 15.7 Å². The Morgan fingerprint density at radius 2 is 1.83 bits per heavy atom. The fourth-order valence-electron chi connectivity index (χ4n) is 1.22. The number of rotatable bonds is 3. The maximum Gasteiger partial charge on any atom is 0.241 e. The molecule has 1 unspecified atom stereocenters. The molecule has 0 fully saturated rings. The number of nitrogens with two attached hydrogens (primary N) is 1. The van der Waals surface area contributed by atoms with Gasteiger partial charge in [-0.1, -0.05) is 20.8 Å². The standard InChI is InChI=1S/C12H19FN2O2S/c1-8(12(2,3)4)15-18(16,17)11-6-9(13)5-10(14)7-11/h5-8,15H,14H2,1-4H3. The van der Waals surface area contributed by atoms with Gasteiger partial charge in [-0.3, -0.25) is 0 Å². The van der Waals surface area contributed by atoms with E-state index < -0.39 is 15.8 Å². The molecule has 1 aromatic rings. The third-order valence-electron chi connectivity index (χ3n) is 2.83. The van der Waals surface area contributed by atoms with Crippen molar-refractivity contribution in [3.05, 3.63) is 24.0 Å². The Morgan fingerprint density at radius 3 is 2.28 bits per heavy atom. The van der Waals surface area contributed by atoms with Crippen LogP contribution >= 0.6 is 0 Å². The van der Waals surface area contributed by atoms with E-state index in [-0.39, 0.29) is 22.0 Å². The summed E-state index contributed by atoms with van der Waals surface area (Å²) in [4.78, 5) is -0.156. The van der Waals surface area contributed by atoms with E-state index >= 15 is 0 Å². The summed E-state index contributed by atoms with van der Waals surface area (Å²) in [7, 11) is -3.76. The number of nitrogens with one attached hydrogen (secondary N) is 1. The van der Waals surface area contributed by atoms with Crippen LogP contribution in [0.15, 0.2) is 23.1 Å². The van der Waals surface area contributed by atoms with Crippen LogP contribution in [0.1, 0.15) is 27.7 Å². The lowest BCUT2D eigenvalue weighted by Gasteiger charge is -2.27. The maximum absolute atomic E-state index is 13.2. The molecule has 0 saturated heterocycles. The number of hydrogen-bond acceptors (Lipinski definition) is 3. The van der Waals surface area contributed by atoms with Gasteiger partial charge in [0, 0.05) is 11.7 Å². The first-order valence-electron chi connectivity index (χ1n) is 5.61. The monoisotopic (exact) mass is 274 g/mol. The average Bonchev–Trinajstić information content (AvgIpc) is 2.13. The second-order valence-electron chi connectivity index (χ2n) is 5.43. The summed E-state index contributed by atoms with van der Waals surface area (Å²) in [5, 5.41) is 0. The average molecular weight is 274 g/mol. The molecule has 0 amide bonds. The van der Waals surface area contributed by atoms with Gasteiger partial charge in [0.2, 0.25) is 10.0 Å². The molecule has 4 nitrogen and oxygen atoms in total. The quantitative estimate of drug-likeness (QED) is 0.829. The minimum atomic E-state index is -3.76. The Morgan fingerprint density at radius 1 is 1.28 bits per heavy atom. The number of anilines is 1. The summed E-state index contributed by atoms with van der Waals surface area (Å²) in [5.41, 5.74) is 5.29. The predicted octanol–water partition coefficient (Wildman–Crippen LogP) is 2.12. The van der Waals surface area contributed by atoms with Crippen LogP contribution in [0, 0.1) is 11.2 Å². The smallest absolute Gasteiger partial charge is 0.241 e. The van der Waals surface area contributed by atoms with Crippen LogP contribution in [0.3, 0.4) is 0 Å². The highest BCUT2D eigenvalue weighted by molar-refractivity contribution is 7.89. The van der Waals surface area contributed by atoms with Gasteiger partial charge in [0.05, 0.1) is 4.90 Å². The highest BCUT2D eigenvalue weighted by Gasteiger charge is 2.26. The van der Waals surface area contributed by atoms with Gasteiger partial charge >= 0.3 is 0 Å². The zero-order valence-corrected chi connectivity index (χ0v) is 11.8.